The summed E-state index contributed by atoms with van der Waals surface area (Å²) < 4.78 is 0. The van der Waals surface area contributed by atoms with Crippen LogP contribution in [0.25, 0.3) is 0 Å². The molecule has 1 aliphatic carbocycles. The molecule has 0 saturated carbocycles. The molecule has 1 aromatic rings. The van der Waals surface area contributed by atoms with E-state index >= 15 is 0 Å². The van der Waals surface area contributed by atoms with Gasteiger partial charge in [-0.2, -0.15) is 10.2 Å². The predicted molar refractivity (Wildman–Crippen MR) is 86.7 cm³/mol. The van der Waals surface area contributed by atoms with E-state index in [2.05, 4.69) is 10.2 Å². The number of hydrogen-bond acceptors (Lipinski definition) is 5. The molecule has 0 atom stereocenters. The molecule has 0 heterocycles. The quantitative estimate of drug-likeness (QED) is 0.479. The Morgan fingerprint density at radius 3 is 2.32 bits per heavy atom. The summed E-state index contributed by atoms with van der Waals surface area (Å²) in [6, 6.07) is 7.63. The maximum absolute atomic E-state index is 10.8. The lowest BCUT2D eigenvalue weighted by atomic mass is 10.2. The van der Waals surface area contributed by atoms with Gasteiger partial charge in [0, 0.05) is 31.9 Å². The van der Waals surface area contributed by atoms with Crippen molar-refractivity contribution < 1.29 is 4.92 Å². The van der Waals surface area contributed by atoms with Crippen molar-refractivity contribution in [2.45, 2.75) is 0 Å². The SMILES string of the molecule is CN(C)c1ccc(N=NC2=C/C=C\C=C([N+](=O)[O-])/C=C\2)cc1. The van der Waals surface area contributed by atoms with Crippen molar-refractivity contribution in [2.75, 3.05) is 19.0 Å². The minimum Gasteiger partial charge on any atom is -0.378 e. The third kappa shape index (κ3) is 4.24. The van der Waals surface area contributed by atoms with E-state index in [0.717, 1.165) is 11.4 Å². The number of anilines is 1. The van der Waals surface area contributed by atoms with Gasteiger partial charge in [0.25, 0.3) is 5.70 Å². The van der Waals surface area contributed by atoms with Crippen molar-refractivity contribution in [3.05, 3.63) is 82.2 Å². The predicted octanol–water partition coefficient (Wildman–Crippen LogP) is 4.01. The molecule has 1 aliphatic rings. The Bertz CT molecular complexity index is 695. The van der Waals surface area contributed by atoms with E-state index in [9.17, 15) is 10.1 Å². The van der Waals surface area contributed by atoms with E-state index in [4.69, 9.17) is 0 Å². The molecule has 0 bridgehead atoms. The van der Waals surface area contributed by atoms with Crippen LogP contribution in [-0.2, 0) is 0 Å². The van der Waals surface area contributed by atoms with E-state index in [-0.39, 0.29) is 5.70 Å². The second-order valence-electron chi connectivity index (χ2n) is 4.77. The topological polar surface area (TPSA) is 71.1 Å². The van der Waals surface area contributed by atoms with Crippen LogP contribution in [0.4, 0.5) is 11.4 Å². The van der Waals surface area contributed by atoms with Gasteiger partial charge >= 0.3 is 0 Å². The maximum atomic E-state index is 10.8. The van der Waals surface area contributed by atoms with Gasteiger partial charge in [-0.1, -0.05) is 12.2 Å². The van der Waals surface area contributed by atoms with E-state index in [1.807, 2.05) is 43.3 Å². The van der Waals surface area contributed by atoms with Gasteiger partial charge in [-0.15, -0.1) is 0 Å². The van der Waals surface area contributed by atoms with Crippen LogP contribution in [0, 0.1) is 10.1 Å². The first-order valence-electron chi connectivity index (χ1n) is 6.66. The zero-order chi connectivity index (χ0) is 15.9. The molecule has 1 aromatic carbocycles. The van der Waals surface area contributed by atoms with Gasteiger partial charge in [0.2, 0.25) is 0 Å². The van der Waals surface area contributed by atoms with E-state index < -0.39 is 4.92 Å². The van der Waals surface area contributed by atoms with Crippen molar-refractivity contribution in [3.63, 3.8) is 0 Å². The van der Waals surface area contributed by atoms with Gasteiger partial charge in [-0.05, 0) is 36.4 Å². The van der Waals surface area contributed by atoms with Gasteiger partial charge < -0.3 is 4.90 Å². The first kappa shape index (κ1) is 15.4. The fourth-order valence-corrected chi connectivity index (χ4v) is 1.71. The zero-order valence-electron chi connectivity index (χ0n) is 12.4. The van der Waals surface area contributed by atoms with E-state index in [0.29, 0.717) is 5.70 Å². The van der Waals surface area contributed by atoms with Crippen LogP contribution < -0.4 is 4.90 Å². The summed E-state index contributed by atoms with van der Waals surface area (Å²) in [5.41, 5.74) is 2.34. The van der Waals surface area contributed by atoms with Crippen LogP contribution in [0.5, 0.6) is 0 Å². The average molecular weight is 296 g/mol. The fraction of sp³-hybridized carbons (Fsp3) is 0.125. The molecule has 6 heteroatoms. The molecular weight excluding hydrogens is 280 g/mol. The van der Waals surface area contributed by atoms with Crippen LogP contribution in [0.15, 0.2) is 82.3 Å². The molecule has 6 nitrogen and oxygen atoms in total. The lowest BCUT2D eigenvalue weighted by molar-refractivity contribution is -0.419. The Labute approximate surface area is 128 Å². The standard InChI is InChI=1S/C16H16N4O2/c1-19(2)15-10-7-14(8-11-15)18-17-13-5-3-4-6-16(12-9-13)20(21)22/h3-12H,1-2H3/b4-3-,5-3?,6-4?,12-9-,13-5+,13-9?,16-6+,16-12?,18-17?. The molecule has 112 valence electrons. The summed E-state index contributed by atoms with van der Waals surface area (Å²) >= 11 is 0. The molecule has 0 saturated heterocycles. The largest absolute Gasteiger partial charge is 0.378 e. The number of rotatable bonds is 4. The Morgan fingerprint density at radius 1 is 1.00 bits per heavy atom. The molecule has 0 amide bonds. The van der Waals surface area contributed by atoms with Crippen molar-refractivity contribution in [1.82, 2.24) is 0 Å². The van der Waals surface area contributed by atoms with Crippen molar-refractivity contribution >= 4 is 11.4 Å². The normalized spacial score (nSPS) is 21.9. The highest BCUT2D eigenvalue weighted by Gasteiger charge is 2.05. The first-order valence-corrected chi connectivity index (χ1v) is 6.66. The first-order chi connectivity index (χ1) is 10.6. The molecule has 2 rings (SSSR count). The number of hydrogen-bond donors (Lipinski definition) is 0. The van der Waals surface area contributed by atoms with Gasteiger partial charge in [-0.3, -0.25) is 10.1 Å². The van der Waals surface area contributed by atoms with Crippen LogP contribution in [-0.4, -0.2) is 19.0 Å². The highest BCUT2D eigenvalue weighted by Crippen LogP contribution is 2.19. The molecule has 0 fully saturated rings. The summed E-state index contributed by atoms with van der Waals surface area (Å²) in [7, 11) is 3.93. The monoisotopic (exact) mass is 296 g/mol. The Kier molecular flexibility index (Phi) is 4.98. The highest BCUT2D eigenvalue weighted by molar-refractivity contribution is 5.51. The molecule has 22 heavy (non-hydrogen) atoms. The third-order valence-corrected chi connectivity index (χ3v) is 2.93. The second-order valence-corrected chi connectivity index (χ2v) is 4.77. The van der Waals surface area contributed by atoms with E-state index in [1.54, 1.807) is 24.3 Å². The summed E-state index contributed by atoms with van der Waals surface area (Å²) in [6.07, 6.45) is 9.43. The van der Waals surface area contributed by atoms with Gasteiger partial charge in [0.1, 0.15) is 0 Å². The summed E-state index contributed by atoms with van der Waals surface area (Å²) in [6.45, 7) is 0. The lowest BCUT2D eigenvalue weighted by Crippen LogP contribution is -2.07. The lowest BCUT2D eigenvalue weighted by Gasteiger charge is -2.11. The van der Waals surface area contributed by atoms with Crippen molar-refractivity contribution in [3.8, 4) is 0 Å². The van der Waals surface area contributed by atoms with Gasteiger partial charge in [0.05, 0.1) is 16.3 Å². The van der Waals surface area contributed by atoms with Crippen molar-refractivity contribution in [1.29, 1.82) is 0 Å². The fourth-order valence-electron chi connectivity index (χ4n) is 1.71. The number of benzene rings is 1. The van der Waals surface area contributed by atoms with Crippen LogP contribution in [0.3, 0.4) is 0 Å². The Morgan fingerprint density at radius 2 is 1.68 bits per heavy atom. The molecule has 0 N–H and O–H groups in total. The molecule has 0 radical (unpaired) electrons. The third-order valence-electron chi connectivity index (χ3n) is 2.93. The summed E-state index contributed by atoms with van der Waals surface area (Å²) in [4.78, 5) is 12.3. The number of nitrogens with zero attached hydrogens (tertiary/aromatic N) is 4. The van der Waals surface area contributed by atoms with Crippen molar-refractivity contribution in [2.24, 2.45) is 10.2 Å². The maximum Gasteiger partial charge on any atom is 0.269 e. The zero-order valence-corrected chi connectivity index (χ0v) is 12.4. The average Bonchev–Trinajstić information content (AvgIpc) is 2.46. The van der Waals surface area contributed by atoms with Crippen LogP contribution in [0.2, 0.25) is 0 Å². The minimum absolute atomic E-state index is 0.00684. The Hall–Kier alpha value is -3.02. The number of azo groups is 1. The Balaban J connectivity index is 2.12. The van der Waals surface area contributed by atoms with Crippen LogP contribution in [0.1, 0.15) is 0 Å². The molecule has 0 spiro atoms. The molecule has 0 unspecified atom stereocenters. The van der Waals surface area contributed by atoms with E-state index in [1.165, 1.54) is 12.2 Å². The van der Waals surface area contributed by atoms with Gasteiger partial charge in [0.15, 0.2) is 0 Å². The van der Waals surface area contributed by atoms with Crippen LogP contribution >= 0.6 is 0 Å². The minimum atomic E-state index is -0.444. The summed E-state index contributed by atoms with van der Waals surface area (Å²) in [5.74, 6) is 0. The smallest absolute Gasteiger partial charge is 0.269 e. The summed E-state index contributed by atoms with van der Waals surface area (Å²) in [5, 5.41) is 19.0. The second kappa shape index (κ2) is 7.12. The highest BCUT2D eigenvalue weighted by atomic mass is 16.6. The number of nitro groups is 1. The van der Waals surface area contributed by atoms with Gasteiger partial charge in [-0.25, -0.2) is 0 Å². The molecular formula is C16H16N4O2. The number of allylic oxidation sites excluding steroid dienone is 6. The molecule has 0 aliphatic heterocycles. The molecule has 0 aromatic heterocycles.